The van der Waals surface area contributed by atoms with E-state index in [1.54, 1.807) is 7.05 Å². The van der Waals surface area contributed by atoms with Gasteiger partial charge in [-0.15, -0.1) is 0 Å². The van der Waals surface area contributed by atoms with Gasteiger partial charge in [0.15, 0.2) is 0 Å². The smallest absolute Gasteiger partial charge is 0.290 e. The molecule has 0 aliphatic rings. The topological polar surface area (TPSA) is 139 Å². The predicted molar refractivity (Wildman–Crippen MR) is 242 cm³/mol. The number of carbonyl (C=O) groups is 1. The summed E-state index contributed by atoms with van der Waals surface area (Å²) in [6, 6.07) is 0. The number of unbranched alkanes of at least 4 members (excludes halogenated alkanes) is 22. The Morgan fingerprint density at radius 2 is 0.825 bits per heavy atom. The standard InChI is InChI=1S/C38H73N3O3.C8H18O.CH2O2.Y/c1-4-6-8-10-13-19-26-34(27-20-14-11-9-7-5-2)28-21-15-12-16-22-30-41(31-23-17-18-24-33-42)32-25-29-40-36-35(39-3)37(43)38(36)44;1-2-3-4-5-6-7-8-9;2-1-3;/h34,39-40,42H,4-33H2,1-3H3;9H,2-8H2,1H3;1H,(H,2,3);. The van der Waals surface area contributed by atoms with Crippen molar-refractivity contribution in [2.75, 3.05) is 57.1 Å². The van der Waals surface area contributed by atoms with Crippen molar-refractivity contribution in [1.82, 2.24) is 4.90 Å². The van der Waals surface area contributed by atoms with E-state index < -0.39 is 10.9 Å². The first-order valence-electron chi connectivity index (χ1n) is 23.7. The van der Waals surface area contributed by atoms with Gasteiger partial charge in [0.25, 0.3) is 17.3 Å². The van der Waals surface area contributed by atoms with Crippen LogP contribution < -0.4 is 21.5 Å². The molecule has 0 saturated carbocycles. The number of rotatable bonds is 40. The number of carboxylic acid groups (broad SMARTS) is 1. The molecule has 0 amide bonds. The molecule has 335 valence electrons. The fourth-order valence-corrected chi connectivity index (χ4v) is 7.50. The van der Waals surface area contributed by atoms with E-state index in [0.717, 1.165) is 51.2 Å². The molecule has 5 N–H and O–H groups in total. The third-order valence-electron chi connectivity index (χ3n) is 11.0. The second kappa shape index (κ2) is 49.5. The Bertz CT molecular complexity index is 984. The zero-order valence-corrected chi connectivity index (χ0v) is 40.7. The van der Waals surface area contributed by atoms with Crippen LogP contribution in [0, 0.1) is 5.92 Å². The Kier molecular flexibility index (Phi) is 52.5. The molecule has 0 aliphatic heterocycles. The fourth-order valence-electron chi connectivity index (χ4n) is 7.50. The van der Waals surface area contributed by atoms with E-state index in [0.29, 0.717) is 31.1 Å². The zero-order valence-electron chi connectivity index (χ0n) is 37.9. The number of nitrogens with zero attached hydrogens (tertiary/aromatic N) is 1. The average molecular weight is 885 g/mol. The summed E-state index contributed by atoms with van der Waals surface area (Å²) in [6.07, 6.45) is 40.8. The molecule has 0 heterocycles. The summed E-state index contributed by atoms with van der Waals surface area (Å²) in [7, 11) is 1.69. The van der Waals surface area contributed by atoms with E-state index in [1.807, 2.05) is 0 Å². The zero-order chi connectivity index (χ0) is 41.7. The molecule has 0 fully saturated rings. The predicted octanol–water partition coefficient (Wildman–Crippen LogP) is 11.5. The van der Waals surface area contributed by atoms with Gasteiger partial charge in [-0.25, -0.2) is 0 Å². The van der Waals surface area contributed by atoms with E-state index in [-0.39, 0.29) is 39.2 Å². The van der Waals surface area contributed by atoms with E-state index in [4.69, 9.17) is 20.1 Å². The molecule has 9 nitrogen and oxygen atoms in total. The van der Waals surface area contributed by atoms with Crippen molar-refractivity contribution in [2.24, 2.45) is 5.92 Å². The quantitative estimate of drug-likeness (QED) is 0.0248. The van der Waals surface area contributed by atoms with Crippen molar-refractivity contribution >= 4 is 17.8 Å². The van der Waals surface area contributed by atoms with Crippen molar-refractivity contribution in [3.63, 3.8) is 0 Å². The minimum atomic E-state index is -0.411. The number of anilines is 2. The number of hydrogen-bond acceptors (Lipinski definition) is 8. The van der Waals surface area contributed by atoms with Crippen molar-refractivity contribution in [3.8, 4) is 0 Å². The summed E-state index contributed by atoms with van der Waals surface area (Å²) in [4.78, 5) is 34.4. The third kappa shape index (κ3) is 39.1. The van der Waals surface area contributed by atoms with Crippen LogP contribution in [0.2, 0.25) is 0 Å². The molecule has 0 aliphatic carbocycles. The maximum absolute atomic E-state index is 11.8. The molecule has 57 heavy (non-hydrogen) atoms. The second-order valence-electron chi connectivity index (χ2n) is 16.1. The number of nitrogens with one attached hydrogen (secondary N) is 2. The number of aliphatic hydroxyl groups is 2. The number of aliphatic hydroxyl groups excluding tert-OH is 2. The van der Waals surface area contributed by atoms with E-state index in [1.165, 1.54) is 173 Å². The second-order valence-corrected chi connectivity index (χ2v) is 16.1. The fraction of sp³-hybridized carbons (Fsp3) is 0.894. The van der Waals surface area contributed by atoms with Gasteiger partial charge in [0.05, 0.1) is 0 Å². The molecule has 1 aromatic carbocycles. The maximum atomic E-state index is 11.8. The van der Waals surface area contributed by atoms with Gasteiger partial charge in [0, 0.05) is 59.5 Å². The van der Waals surface area contributed by atoms with Crippen LogP contribution in [0.4, 0.5) is 11.4 Å². The molecule has 0 unspecified atom stereocenters. The van der Waals surface area contributed by atoms with E-state index >= 15 is 0 Å². The van der Waals surface area contributed by atoms with Crippen molar-refractivity contribution in [1.29, 1.82) is 0 Å². The van der Waals surface area contributed by atoms with Crippen LogP contribution in [-0.4, -0.2) is 73.1 Å². The summed E-state index contributed by atoms with van der Waals surface area (Å²) in [5.74, 6) is 0.954. The van der Waals surface area contributed by atoms with Crippen LogP contribution in [-0.2, 0) is 37.5 Å². The van der Waals surface area contributed by atoms with Crippen LogP contribution in [0.1, 0.15) is 220 Å². The normalized spacial score (nSPS) is 10.9. The van der Waals surface area contributed by atoms with Gasteiger partial charge < -0.3 is 30.9 Å². The van der Waals surface area contributed by atoms with Crippen LogP contribution in [0.5, 0.6) is 0 Å². The number of hydrogen-bond donors (Lipinski definition) is 5. The van der Waals surface area contributed by atoms with E-state index in [9.17, 15) is 9.59 Å². The summed E-state index contributed by atoms with van der Waals surface area (Å²) in [6.45, 7) is 11.2. The molecule has 0 bridgehead atoms. The van der Waals surface area contributed by atoms with Gasteiger partial charge in [-0.05, 0) is 57.7 Å². The van der Waals surface area contributed by atoms with Gasteiger partial charge in [0.2, 0.25) is 0 Å². The molecule has 0 aromatic heterocycles. The molecule has 0 saturated heterocycles. The van der Waals surface area contributed by atoms with Gasteiger partial charge in [-0.2, -0.15) is 0 Å². The molecule has 0 spiro atoms. The van der Waals surface area contributed by atoms with Crippen molar-refractivity contribution < 1.29 is 52.8 Å². The monoisotopic (exact) mass is 885 g/mol. The largest absolute Gasteiger partial charge is 0.483 e. The Morgan fingerprint density at radius 1 is 0.509 bits per heavy atom. The molecule has 1 radical (unpaired) electrons. The summed E-state index contributed by atoms with van der Waals surface area (Å²) < 4.78 is 0. The first-order chi connectivity index (χ1) is 27.4. The third-order valence-corrected chi connectivity index (χ3v) is 11.0. The molecular weight excluding hydrogens is 791 g/mol. The van der Waals surface area contributed by atoms with Gasteiger partial charge >= 0.3 is 0 Å². The minimum absolute atomic E-state index is 0. The molecule has 10 heteroatoms. The van der Waals surface area contributed by atoms with Crippen LogP contribution in [0.15, 0.2) is 9.59 Å². The van der Waals surface area contributed by atoms with Gasteiger partial charge in [0.1, 0.15) is 11.4 Å². The first-order valence-corrected chi connectivity index (χ1v) is 23.7. The Balaban J connectivity index is -0.00000194. The summed E-state index contributed by atoms with van der Waals surface area (Å²) in [5, 5.41) is 30.4. The molecule has 0 atom stereocenters. The van der Waals surface area contributed by atoms with Crippen molar-refractivity contribution in [2.45, 2.75) is 220 Å². The molecule has 1 aromatic rings. The van der Waals surface area contributed by atoms with Crippen LogP contribution >= 0.6 is 0 Å². The molecular formula is C47H93N3O6Y. The maximum Gasteiger partial charge on any atom is 0.290 e. The van der Waals surface area contributed by atoms with Crippen LogP contribution in [0.25, 0.3) is 0 Å². The minimum Gasteiger partial charge on any atom is -0.483 e. The summed E-state index contributed by atoms with van der Waals surface area (Å²) in [5.41, 5.74) is 0.0676. The average Bonchev–Trinajstić information content (AvgIpc) is 3.20. The Morgan fingerprint density at radius 3 is 1.19 bits per heavy atom. The van der Waals surface area contributed by atoms with Crippen molar-refractivity contribution in [3.05, 3.63) is 20.4 Å². The SMILES string of the molecule is CCCCCCCCC(CCCCCCCC)CCCCCCCN(CCCCCCO)CCCNc1c(NC)c(=O)c1=O.CCCCCCCCO.O=CO.[Y]. The van der Waals surface area contributed by atoms with Gasteiger partial charge in [-0.3, -0.25) is 14.4 Å². The van der Waals surface area contributed by atoms with E-state index in [2.05, 4.69) is 36.3 Å². The van der Waals surface area contributed by atoms with Crippen LogP contribution in [0.3, 0.4) is 0 Å². The Hall–Kier alpha value is -0.866. The molecule has 1 rings (SSSR count). The first kappa shape index (κ1) is 60.4. The Labute approximate surface area is 376 Å². The van der Waals surface area contributed by atoms with Gasteiger partial charge in [-0.1, -0.05) is 188 Å². The summed E-state index contributed by atoms with van der Waals surface area (Å²) >= 11 is 0.